The Balaban J connectivity index is 2.32. The zero-order chi connectivity index (χ0) is 15.0. The second-order valence-corrected chi connectivity index (χ2v) is 4.05. The summed E-state index contributed by atoms with van der Waals surface area (Å²) in [5.74, 6) is -3.30. The summed E-state index contributed by atoms with van der Waals surface area (Å²) < 4.78 is 64.5. The van der Waals surface area contributed by atoms with Gasteiger partial charge >= 0.3 is 6.18 Å². The first-order chi connectivity index (χ1) is 9.23. The standard InChI is InChI=1S/C10H10F5N5/c11-9(12,4-16)5-18-8-6-3-7(10(13,14)15)19-20(6)2-1-17-8/h1-3H,4-5,16H2,(H,17,18). The maximum atomic E-state index is 13.0. The van der Waals surface area contributed by atoms with Gasteiger partial charge in [0.1, 0.15) is 5.52 Å². The molecule has 0 aliphatic heterocycles. The fraction of sp³-hybridized carbons (Fsp3) is 0.400. The molecule has 5 nitrogen and oxygen atoms in total. The average molecular weight is 295 g/mol. The summed E-state index contributed by atoms with van der Waals surface area (Å²) >= 11 is 0. The molecule has 2 aromatic rings. The predicted molar refractivity (Wildman–Crippen MR) is 60.5 cm³/mol. The van der Waals surface area contributed by atoms with Crippen LogP contribution >= 0.6 is 0 Å². The van der Waals surface area contributed by atoms with Crippen molar-refractivity contribution in [2.45, 2.75) is 12.1 Å². The van der Waals surface area contributed by atoms with Crippen LogP contribution in [0.4, 0.5) is 27.8 Å². The summed E-state index contributed by atoms with van der Waals surface area (Å²) in [5, 5.41) is 5.58. The monoisotopic (exact) mass is 295 g/mol. The van der Waals surface area contributed by atoms with E-state index < -0.39 is 30.9 Å². The maximum absolute atomic E-state index is 13.0. The van der Waals surface area contributed by atoms with Crippen LogP contribution in [0.2, 0.25) is 0 Å². The third-order valence-electron chi connectivity index (χ3n) is 2.49. The molecule has 10 heteroatoms. The van der Waals surface area contributed by atoms with Crippen molar-refractivity contribution in [3.8, 4) is 0 Å². The highest BCUT2D eigenvalue weighted by Gasteiger charge is 2.34. The van der Waals surface area contributed by atoms with Crippen molar-refractivity contribution in [2.75, 3.05) is 18.4 Å². The lowest BCUT2D eigenvalue weighted by atomic mass is 10.3. The van der Waals surface area contributed by atoms with Gasteiger partial charge in [-0.15, -0.1) is 0 Å². The number of rotatable bonds is 4. The van der Waals surface area contributed by atoms with Crippen molar-refractivity contribution in [1.82, 2.24) is 14.6 Å². The number of nitrogens with zero attached hydrogens (tertiary/aromatic N) is 3. The molecule has 110 valence electrons. The number of aromatic nitrogens is 3. The van der Waals surface area contributed by atoms with E-state index in [0.717, 1.165) is 16.8 Å². The van der Waals surface area contributed by atoms with Crippen LogP contribution in [0.1, 0.15) is 5.69 Å². The highest BCUT2D eigenvalue weighted by atomic mass is 19.4. The summed E-state index contributed by atoms with van der Waals surface area (Å²) in [6.07, 6.45) is -2.27. The second-order valence-electron chi connectivity index (χ2n) is 4.05. The number of nitrogens with two attached hydrogens (primary N) is 1. The third kappa shape index (κ3) is 2.95. The first-order valence-corrected chi connectivity index (χ1v) is 5.46. The fourth-order valence-corrected chi connectivity index (χ4v) is 1.48. The average Bonchev–Trinajstić information content (AvgIpc) is 2.80. The molecule has 0 fully saturated rings. The Labute approximate surface area is 109 Å². The van der Waals surface area contributed by atoms with Crippen molar-refractivity contribution in [3.05, 3.63) is 24.2 Å². The third-order valence-corrected chi connectivity index (χ3v) is 2.49. The molecule has 2 aromatic heterocycles. The van der Waals surface area contributed by atoms with Crippen LogP contribution in [0.3, 0.4) is 0 Å². The molecule has 0 aromatic carbocycles. The summed E-state index contributed by atoms with van der Waals surface area (Å²) in [4.78, 5) is 3.73. The summed E-state index contributed by atoms with van der Waals surface area (Å²) in [6.45, 7) is -1.71. The van der Waals surface area contributed by atoms with Crippen LogP contribution in [0.5, 0.6) is 0 Å². The van der Waals surface area contributed by atoms with Crippen LogP contribution in [-0.2, 0) is 6.18 Å². The van der Waals surface area contributed by atoms with Gasteiger partial charge in [0.25, 0.3) is 5.92 Å². The Kier molecular flexibility index (Phi) is 3.50. The van der Waals surface area contributed by atoms with Gasteiger partial charge in [0, 0.05) is 18.5 Å². The number of hydrogen-bond acceptors (Lipinski definition) is 4. The minimum Gasteiger partial charge on any atom is -0.362 e. The largest absolute Gasteiger partial charge is 0.435 e. The van der Waals surface area contributed by atoms with Gasteiger partial charge in [-0.2, -0.15) is 18.3 Å². The first-order valence-electron chi connectivity index (χ1n) is 5.46. The zero-order valence-corrected chi connectivity index (χ0v) is 9.96. The summed E-state index contributed by atoms with van der Waals surface area (Å²) in [6, 6.07) is 0.732. The van der Waals surface area contributed by atoms with E-state index in [1.165, 1.54) is 6.20 Å². The summed E-state index contributed by atoms with van der Waals surface area (Å²) in [5.41, 5.74) is 3.69. The minimum atomic E-state index is -4.62. The van der Waals surface area contributed by atoms with Crippen molar-refractivity contribution in [1.29, 1.82) is 0 Å². The molecule has 0 atom stereocenters. The van der Waals surface area contributed by atoms with Crippen molar-refractivity contribution < 1.29 is 22.0 Å². The maximum Gasteiger partial charge on any atom is 0.435 e. The van der Waals surface area contributed by atoms with E-state index in [2.05, 4.69) is 15.4 Å². The molecule has 0 aliphatic rings. The Morgan fingerprint density at radius 2 is 1.95 bits per heavy atom. The van der Waals surface area contributed by atoms with E-state index in [4.69, 9.17) is 5.73 Å². The van der Waals surface area contributed by atoms with Gasteiger partial charge in [-0.25, -0.2) is 18.3 Å². The molecule has 0 bridgehead atoms. The van der Waals surface area contributed by atoms with Crippen LogP contribution in [0.15, 0.2) is 18.5 Å². The molecule has 0 saturated heterocycles. The highest BCUT2D eigenvalue weighted by molar-refractivity contribution is 5.68. The Morgan fingerprint density at radius 3 is 2.55 bits per heavy atom. The molecule has 2 heterocycles. The Bertz CT molecular complexity index is 606. The van der Waals surface area contributed by atoms with E-state index >= 15 is 0 Å². The van der Waals surface area contributed by atoms with E-state index in [0.29, 0.717) is 0 Å². The van der Waals surface area contributed by atoms with Gasteiger partial charge in [0.05, 0.1) is 13.1 Å². The predicted octanol–water partition coefficient (Wildman–Crippen LogP) is 1.75. The van der Waals surface area contributed by atoms with Gasteiger partial charge in [0.2, 0.25) is 0 Å². The molecule has 0 unspecified atom stereocenters. The van der Waals surface area contributed by atoms with E-state index in [9.17, 15) is 22.0 Å². The smallest absolute Gasteiger partial charge is 0.362 e. The van der Waals surface area contributed by atoms with E-state index in [1.807, 2.05) is 0 Å². The Hall–Kier alpha value is -1.97. The zero-order valence-electron chi connectivity index (χ0n) is 9.96. The van der Waals surface area contributed by atoms with E-state index in [1.54, 1.807) is 0 Å². The Morgan fingerprint density at radius 1 is 1.25 bits per heavy atom. The summed E-state index contributed by atoms with van der Waals surface area (Å²) in [7, 11) is 0. The van der Waals surface area contributed by atoms with Gasteiger partial charge in [-0.05, 0) is 0 Å². The van der Waals surface area contributed by atoms with Crippen LogP contribution < -0.4 is 11.1 Å². The lowest BCUT2D eigenvalue weighted by Gasteiger charge is -2.15. The molecular weight excluding hydrogens is 285 g/mol. The first kappa shape index (κ1) is 14.4. The van der Waals surface area contributed by atoms with Crippen molar-refractivity contribution in [3.63, 3.8) is 0 Å². The molecule has 0 amide bonds. The number of hydrogen-bond donors (Lipinski definition) is 2. The lowest BCUT2D eigenvalue weighted by molar-refractivity contribution is -0.141. The molecule has 20 heavy (non-hydrogen) atoms. The van der Waals surface area contributed by atoms with Crippen LogP contribution in [-0.4, -0.2) is 33.6 Å². The van der Waals surface area contributed by atoms with Crippen molar-refractivity contribution in [2.24, 2.45) is 5.73 Å². The normalized spacial score (nSPS) is 12.9. The quantitative estimate of drug-likeness (QED) is 0.843. The van der Waals surface area contributed by atoms with Crippen molar-refractivity contribution >= 4 is 11.3 Å². The van der Waals surface area contributed by atoms with E-state index in [-0.39, 0.29) is 11.3 Å². The molecule has 0 aliphatic carbocycles. The number of anilines is 1. The number of fused-ring (bicyclic) bond motifs is 1. The molecular formula is C10H10F5N5. The number of halogens is 5. The van der Waals surface area contributed by atoms with Gasteiger partial charge in [-0.1, -0.05) is 0 Å². The SMILES string of the molecule is NCC(F)(F)CNc1nccn2nc(C(F)(F)F)cc12. The molecule has 3 N–H and O–H groups in total. The lowest BCUT2D eigenvalue weighted by Crippen LogP contribution is -2.35. The second kappa shape index (κ2) is 4.85. The molecule has 2 rings (SSSR count). The molecule has 0 radical (unpaired) electrons. The number of alkyl halides is 5. The van der Waals surface area contributed by atoms with Gasteiger partial charge in [0.15, 0.2) is 11.5 Å². The number of nitrogens with one attached hydrogen (secondary N) is 1. The fourth-order valence-electron chi connectivity index (χ4n) is 1.48. The van der Waals surface area contributed by atoms with Gasteiger partial charge < -0.3 is 11.1 Å². The highest BCUT2D eigenvalue weighted by Crippen LogP contribution is 2.30. The van der Waals surface area contributed by atoms with Crippen LogP contribution in [0.25, 0.3) is 5.52 Å². The minimum absolute atomic E-state index is 0.0485. The topological polar surface area (TPSA) is 68.2 Å². The van der Waals surface area contributed by atoms with Gasteiger partial charge in [-0.3, -0.25) is 0 Å². The molecule has 0 saturated carbocycles. The molecule has 0 spiro atoms. The van der Waals surface area contributed by atoms with Crippen LogP contribution in [0, 0.1) is 0 Å².